The molecule has 1 amide bonds. The Kier molecular flexibility index (Phi) is 4.82. The van der Waals surface area contributed by atoms with Gasteiger partial charge in [0, 0.05) is 18.7 Å². The molecule has 0 aliphatic carbocycles. The maximum atomic E-state index is 12.6. The van der Waals surface area contributed by atoms with Crippen LogP contribution in [0.3, 0.4) is 0 Å². The van der Waals surface area contributed by atoms with E-state index < -0.39 is 9.84 Å². The van der Waals surface area contributed by atoms with Gasteiger partial charge in [-0.1, -0.05) is 29.4 Å². The average Bonchev–Trinajstić information content (AvgIpc) is 3.03. The maximum Gasteiger partial charge on any atom is 0.228 e. The molecule has 1 atom stereocenters. The minimum Gasteiger partial charge on any atom is -0.356 e. The summed E-state index contributed by atoms with van der Waals surface area (Å²) in [5.74, 6) is -0.0938. The molecule has 1 aromatic heterocycles. The van der Waals surface area contributed by atoms with Gasteiger partial charge in [0.2, 0.25) is 5.91 Å². The fraction of sp³-hybridized carbons (Fsp3) is 0.263. The zero-order valence-corrected chi connectivity index (χ0v) is 15.7. The van der Waals surface area contributed by atoms with Crippen LogP contribution >= 0.6 is 0 Å². The Morgan fingerprint density at radius 2 is 1.81 bits per heavy atom. The molecule has 1 unspecified atom stereocenters. The van der Waals surface area contributed by atoms with E-state index in [1.807, 2.05) is 31.2 Å². The second-order valence-electron chi connectivity index (χ2n) is 6.32. The van der Waals surface area contributed by atoms with Gasteiger partial charge in [0.25, 0.3) is 0 Å². The van der Waals surface area contributed by atoms with E-state index in [1.165, 1.54) is 6.26 Å². The van der Waals surface area contributed by atoms with Crippen molar-refractivity contribution >= 4 is 26.7 Å². The van der Waals surface area contributed by atoms with E-state index in [0.29, 0.717) is 11.3 Å². The Bertz CT molecular complexity index is 1040. The van der Waals surface area contributed by atoms with E-state index in [4.69, 9.17) is 4.52 Å². The molecule has 3 rings (SSSR count). The highest BCUT2D eigenvalue weighted by atomic mass is 32.2. The molecule has 0 spiro atoms. The number of hydrogen-bond donors (Lipinski definition) is 0. The molecule has 7 heteroatoms. The van der Waals surface area contributed by atoms with Gasteiger partial charge in [-0.05, 0) is 36.8 Å². The van der Waals surface area contributed by atoms with Gasteiger partial charge in [-0.25, -0.2) is 8.42 Å². The predicted molar refractivity (Wildman–Crippen MR) is 98.4 cm³/mol. The van der Waals surface area contributed by atoms with Crippen LogP contribution in [0.15, 0.2) is 57.9 Å². The van der Waals surface area contributed by atoms with Gasteiger partial charge in [-0.3, -0.25) is 4.79 Å². The molecule has 6 nitrogen and oxygen atoms in total. The lowest BCUT2D eigenvalue weighted by Crippen LogP contribution is -2.31. The molecule has 136 valence electrons. The molecule has 2 aromatic carbocycles. The first-order chi connectivity index (χ1) is 12.3. The lowest BCUT2D eigenvalue weighted by atomic mass is 10.1. The summed E-state index contributed by atoms with van der Waals surface area (Å²) >= 11 is 0. The van der Waals surface area contributed by atoms with Gasteiger partial charge in [0.1, 0.15) is 5.69 Å². The molecule has 0 saturated carbocycles. The Balaban J connectivity index is 1.75. The largest absolute Gasteiger partial charge is 0.356 e. The number of carbonyl (C=O) groups is 1. The summed E-state index contributed by atoms with van der Waals surface area (Å²) in [6.45, 7) is 1.90. The standard InChI is InChI=1S/C19H20N2O4S/c1-13(14-8-10-15(11-9-14)26(3,23)24)21(2)19(22)12-17-16-6-4-5-7-18(16)25-20-17/h4-11,13H,12H2,1-3H3. The molecule has 0 N–H and O–H groups in total. The van der Waals surface area contributed by atoms with Gasteiger partial charge < -0.3 is 9.42 Å². The van der Waals surface area contributed by atoms with Crippen LogP contribution in [-0.4, -0.2) is 37.7 Å². The Hall–Kier alpha value is -2.67. The lowest BCUT2D eigenvalue weighted by molar-refractivity contribution is -0.131. The van der Waals surface area contributed by atoms with Crippen molar-refractivity contribution in [2.75, 3.05) is 13.3 Å². The molecule has 1 heterocycles. The quantitative estimate of drug-likeness (QED) is 0.688. The van der Waals surface area contributed by atoms with E-state index >= 15 is 0 Å². The van der Waals surface area contributed by atoms with E-state index in [9.17, 15) is 13.2 Å². The van der Waals surface area contributed by atoms with Crippen molar-refractivity contribution in [2.45, 2.75) is 24.3 Å². The van der Waals surface area contributed by atoms with Crippen LogP contribution in [0.2, 0.25) is 0 Å². The first-order valence-corrected chi connectivity index (χ1v) is 10.1. The van der Waals surface area contributed by atoms with E-state index in [0.717, 1.165) is 10.9 Å². The number of benzene rings is 2. The van der Waals surface area contributed by atoms with Crippen molar-refractivity contribution in [2.24, 2.45) is 0 Å². The fourth-order valence-electron chi connectivity index (χ4n) is 2.77. The van der Waals surface area contributed by atoms with Crippen LogP contribution in [0.4, 0.5) is 0 Å². The third-order valence-electron chi connectivity index (χ3n) is 4.54. The predicted octanol–water partition coefficient (Wildman–Crippen LogP) is 2.99. The van der Waals surface area contributed by atoms with Crippen molar-refractivity contribution in [3.63, 3.8) is 0 Å². The van der Waals surface area contributed by atoms with Crippen LogP contribution in [-0.2, 0) is 21.1 Å². The van der Waals surface area contributed by atoms with Gasteiger partial charge in [-0.15, -0.1) is 0 Å². The van der Waals surface area contributed by atoms with E-state index in [2.05, 4.69) is 5.16 Å². The molecule has 0 fully saturated rings. The minimum atomic E-state index is -3.24. The van der Waals surface area contributed by atoms with Gasteiger partial charge in [0.05, 0.1) is 17.4 Å². The monoisotopic (exact) mass is 372 g/mol. The number of hydrogen-bond acceptors (Lipinski definition) is 5. The topological polar surface area (TPSA) is 80.5 Å². The second kappa shape index (κ2) is 6.92. The fourth-order valence-corrected chi connectivity index (χ4v) is 3.40. The number of likely N-dealkylation sites (N-methyl/N-ethyl adjacent to an activating group) is 1. The number of sulfone groups is 1. The summed E-state index contributed by atoms with van der Waals surface area (Å²) in [4.78, 5) is 14.5. The number of carbonyl (C=O) groups excluding carboxylic acids is 1. The number of nitrogens with zero attached hydrogens (tertiary/aromatic N) is 2. The zero-order valence-electron chi connectivity index (χ0n) is 14.8. The SMILES string of the molecule is CC(c1ccc(S(C)(=O)=O)cc1)N(C)C(=O)Cc1noc2ccccc12. The number of fused-ring (bicyclic) bond motifs is 1. The summed E-state index contributed by atoms with van der Waals surface area (Å²) in [7, 11) is -1.51. The highest BCUT2D eigenvalue weighted by Crippen LogP contribution is 2.23. The third-order valence-corrected chi connectivity index (χ3v) is 5.66. The van der Waals surface area contributed by atoms with Crippen molar-refractivity contribution in [3.05, 3.63) is 59.8 Å². The van der Waals surface area contributed by atoms with Gasteiger partial charge in [-0.2, -0.15) is 0 Å². The summed E-state index contributed by atoms with van der Waals surface area (Å²) in [5, 5.41) is 4.83. The van der Waals surface area contributed by atoms with Crippen LogP contribution in [0.25, 0.3) is 11.0 Å². The number of para-hydroxylation sites is 1. The van der Waals surface area contributed by atoms with Crippen molar-refractivity contribution in [1.29, 1.82) is 0 Å². The number of amides is 1. The summed E-state index contributed by atoms with van der Waals surface area (Å²) in [6, 6.07) is 13.8. The number of rotatable bonds is 5. The Morgan fingerprint density at radius 3 is 2.46 bits per heavy atom. The molecule has 0 bridgehead atoms. The molecular weight excluding hydrogens is 352 g/mol. The molecule has 0 radical (unpaired) electrons. The van der Waals surface area contributed by atoms with E-state index in [1.54, 1.807) is 36.2 Å². The molecule has 0 aliphatic heterocycles. The molecule has 0 aliphatic rings. The second-order valence-corrected chi connectivity index (χ2v) is 8.34. The van der Waals surface area contributed by atoms with Crippen LogP contribution < -0.4 is 0 Å². The first-order valence-electron chi connectivity index (χ1n) is 8.16. The van der Waals surface area contributed by atoms with Crippen molar-refractivity contribution in [3.8, 4) is 0 Å². The molecule has 26 heavy (non-hydrogen) atoms. The summed E-state index contributed by atoms with van der Waals surface area (Å²) in [5.41, 5.74) is 2.12. The zero-order chi connectivity index (χ0) is 18.9. The Labute approximate surface area is 152 Å². The molecule has 3 aromatic rings. The van der Waals surface area contributed by atoms with Crippen molar-refractivity contribution in [1.82, 2.24) is 10.1 Å². The highest BCUT2D eigenvalue weighted by molar-refractivity contribution is 7.90. The van der Waals surface area contributed by atoms with Crippen LogP contribution in [0, 0.1) is 0 Å². The molecule has 0 saturated heterocycles. The van der Waals surface area contributed by atoms with Gasteiger partial charge in [0.15, 0.2) is 15.4 Å². The normalized spacial score (nSPS) is 12.9. The Morgan fingerprint density at radius 1 is 1.15 bits per heavy atom. The summed E-state index contributed by atoms with van der Waals surface area (Å²) in [6.07, 6.45) is 1.31. The van der Waals surface area contributed by atoms with Crippen LogP contribution in [0.1, 0.15) is 24.2 Å². The maximum absolute atomic E-state index is 12.6. The summed E-state index contributed by atoms with van der Waals surface area (Å²) < 4.78 is 28.4. The highest BCUT2D eigenvalue weighted by Gasteiger charge is 2.20. The third kappa shape index (κ3) is 3.62. The van der Waals surface area contributed by atoms with Gasteiger partial charge >= 0.3 is 0 Å². The van der Waals surface area contributed by atoms with Crippen LogP contribution in [0.5, 0.6) is 0 Å². The number of aromatic nitrogens is 1. The minimum absolute atomic E-state index is 0.0938. The lowest BCUT2D eigenvalue weighted by Gasteiger charge is -2.25. The smallest absolute Gasteiger partial charge is 0.228 e. The average molecular weight is 372 g/mol. The first kappa shape index (κ1) is 18.1. The van der Waals surface area contributed by atoms with E-state index in [-0.39, 0.29) is 23.3 Å². The molecular formula is C19H20N2O4S. The van der Waals surface area contributed by atoms with Crippen molar-refractivity contribution < 1.29 is 17.7 Å².